The predicted octanol–water partition coefficient (Wildman–Crippen LogP) is 3.02. The summed E-state index contributed by atoms with van der Waals surface area (Å²) in [4.78, 5) is 5.52. The summed E-state index contributed by atoms with van der Waals surface area (Å²) < 4.78 is 1.12. The van der Waals surface area contributed by atoms with Crippen molar-refractivity contribution in [2.75, 3.05) is 0 Å². The van der Waals surface area contributed by atoms with Gasteiger partial charge >= 0.3 is 0 Å². The third-order valence-electron chi connectivity index (χ3n) is 1.63. The molecule has 0 saturated heterocycles. The molecule has 72 valence electrons. The molecule has 0 fully saturated rings. The average Bonchev–Trinajstić information content (AvgIpc) is 2.47. The lowest BCUT2D eigenvalue weighted by Crippen LogP contribution is -2.18. The number of nitrogens with zero attached hydrogens (tertiary/aromatic N) is 1. The van der Waals surface area contributed by atoms with Gasteiger partial charge in [-0.2, -0.15) is 0 Å². The minimum Gasteiger partial charge on any atom is -0.387 e. The fourth-order valence-electron chi connectivity index (χ4n) is 0.789. The molecule has 1 aromatic heterocycles. The molecule has 0 bridgehead atoms. The van der Waals surface area contributed by atoms with Crippen molar-refractivity contribution in [2.24, 2.45) is 16.6 Å². The van der Waals surface area contributed by atoms with E-state index in [-0.39, 0.29) is 0 Å². The van der Waals surface area contributed by atoms with Gasteiger partial charge in [0.1, 0.15) is 0 Å². The molecule has 1 aromatic rings. The SMILES string of the molecule is CC(C)C(N)=NCc1cc(Br)cs1. The van der Waals surface area contributed by atoms with Crippen LogP contribution in [0.2, 0.25) is 0 Å². The summed E-state index contributed by atoms with van der Waals surface area (Å²) in [5, 5.41) is 2.05. The highest BCUT2D eigenvalue weighted by molar-refractivity contribution is 9.10. The van der Waals surface area contributed by atoms with Crippen LogP contribution in [0.3, 0.4) is 0 Å². The zero-order valence-electron chi connectivity index (χ0n) is 7.75. The number of amidine groups is 1. The van der Waals surface area contributed by atoms with Crippen molar-refractivity contribution in [3.63, 3.8) is 0 Å². The molecule has 0 spiro atoms. The maximum absolute atomic E-state index is 5.71. The molecule has 2 N–H and O–H groups in total. The van der Waals surface area contributed by atoms with Crippen LogP contribution in [0.15, 0.2) is 20.9 Å². The van der Waals surface area contributed by atoms with Crippen LogP contribution in [0, 0.1) is 5.92 Å². The molecule has 1 heterocycles. The lowest BCUT2D eigenvalue weighted by Gasteiger charge is -2.02. The van der Waals surface area contributed by atoms with Crippen molar-refractivity contribution in [1.82, 2.24) is 0 Å². The van der Waals surface area contributed by atoms with E-state index in [2.05, 4.69) is 32.4 Å². The summed E-state index contributed by atoms with van der Waals surface area (Å²) in [5.41, 5.74) is 5.71. The van der Waals surface area contributed by atoms with E-state index in [0.717, 1.165) is 10.3 Å². The molecule has 0 saturated carbocycles. The van der Waals surface area contributed by atoms with E-state index in [4.69, 9.17) is 5.73 Å². The van der Waals surface area contributed by atoms with Crippen LogP contribution in [0.4, 0.5) is 0 Å². The van der Waals surface area contributed by atoms with Crippen LogP contribution >= 0.6 is 27.3 Å². The number of hydrogen-bond donors (Lipinski definition) is 1. The first-order valence-electron chi connectivity index (χ1n) is 4.12. The first-order valence-corrected chi connectivity index (χ1v) is 5.79. The fraction of sp³-hybridized carbons (Fsp3) is 0.444. The van der Waals surface area contributed by atoms with Crippen LogP contribution in [0.5, 0.6) is 0 Å². The minimum absolute atomic E-state index is 0.336. The highest BCUT2D eigenvalue weighted by Gasteiger charge is 1.99. The molecular weight excluding hydrogens is 248 g/mol. The van der Waals surface area contributed by atoms with Gasteiger partial charge in [-0.15, -0.1) is 11.3 Å². The third kappa shape index (κ3) is 3.48. The third-order valence-corrected chi connectivity index (χ3v) is 3.31. The summed E-state index contributed by atoms with van der Waals surface area (Å²) in [5.74, 6) is 1.06. The maximum Gasteiger partial charge on any atom is 0.0967 e. The molecule has 0 atom stereocenters. The molecule has 0 aliphatic rings. The molecule has 0 radical (unpaired) electrons. The van der Waals surface area contributed by atoms with Crippen molar-refractivity contribution < 1.29 is 0 Å². The number of nitrogens with two attached hydrogens (primary N) is 1. The van der Waals surface area contributed by atoms with Crippen LogP contribution in [-0.4, -0.2) is 5.84 Å². The number of hydrogen-bond acceptors (Lipinski definition) is 2. The van der Waals surface area contributed by atoms with Crippen LogP contribution in [0.1, 0.15) is 18.7 Å². The number of aliphatic imine (C=N–C) groups is 1. The normalized spacial score (nSPS) is 12.5. The van der Waals surface area contributed by atoms with Crippen LogP contribution in [-0.2, 0) is 6.54 Å². The molecule has 0 aliphatic carbocycles. The minimum atomic E-state index is 0.336. The average molecular weight is 261 g/mol. The first-order chi connectivity index (χ1) is 6.09. The Kier molecular flexibility index (Phi) is 3.93. The zero-order valence-corrected chi connectivity index (χ0v) is 10.2. The van der Waals surface area contributed by atoms with E-state index in [0.29, 0.717) is 12.5 Å². The summed E-state index contributed by atoms with van der Waals surface area (Å²) in [6.07, 6.45) is 0. The van der Waals surface area contributed by atoms with E-state index < -0.39 is 0 Å². The molecule has 2 nitrogen and oxygen atoms in total. The van der Waals surface area contributed by atoms with Gasteiger partial charge in [0.25, 0.3) is 0 Å². The van der Waals surface area contributed by atoms with E-state index in [1.807, 2.05) is 13.8 Å². The number of thiophene rings is 1. The van der Waals surface area contributed by atoms with Gasteiger partial charge in [-0.1, -0.05) is 13.8 Å². The fourth-order valence-corrected chi connectivity index (χ4v) is 2.16. The van der Waals surface area contributed by atoms with Gasteiger partial charge in [0, 0.05) is 20.6 Å². The molecule has 1 rings (SSSR count). The quantitative estimate of drug-likeness (QED) is 0.659. The smallest absolute Gasteiger partial charge is 0.0967 e. The first kappa shape index (κ1) is 10.7. The molecule has 0 aromatic carbocycles. The molecule has 0 aliphatic heterocycles. The van der Waals surface area contributed by atoms with Crippen LogP contribution < -0.4 is 5.73 Å². The highest BCUT2D eigenvalue weighted by Crippen LogP contribution is 2.20. The van der Waals surface area contributed by atoms with Gasteiger partial charge in [-0.25, -0.2) is 0 Å². The summed E-state index contributed by atoms with van der Waals surface area (Å²) in [6.45, 7) is 4.78. The Bertz CT molecular complexity index is 304. The van der Waals surface area contributed by atoms with Gasteiger partial charge < -0.3 is 5.73 Å². The molecular formula is C9H13BrN2S. The Morgan fingerprint density at radius 1 is 1.69 bits per heavy atom. The van der Waals surface area contributed by atoms with Crippen molar-refractivity contribution in [3.8, 4) is 0 Å². The van der Waals surface area contributed by atoms with E-state index in [1.165, 1.54) is 4.88 Å². The second-order valence-electron chi connectivity index (χ2n) is 3.13. The monoisotopic (exact) mass is 260 g/mol. The van der Waals surface area contributed by atoms with E-state index in [1.54, 1.807) is 11.3 Å². The number of halogens is 1. The number of rotatable bonds is 3. The summed E-state index contributed by atoms with van der Waals surface area (Å²) in [6, 6.07) is 2.07. The standard InChI is InChI=1S/C9H13BrN2S/c1-6(2)9(11)12-4-8-3-7(10)5-13-8/h3,5-6H,4H2,1-2H3,(H2,11,12). The highest BCUT2D eigenvalue weighted by atomic mass is 79.9. The molecule has 4 heteroatoms. The van der Waals surface area contributed by atoms with Gasteiger partial charge in [-0.3, -0.25) is 4.99 Å². The lowest BCUT2D eigenvalue weighted by atomic mass is 10.2. The maximum atomic E-state index is 5.71. The largest absolute Gasteiger partial charge is 0.387 e. The lowest BCUT2D eigenvalue weighted by molar-refractivity contribution is 0.857. The summed E-state index contributed by atoms with van der Waals surface area (Å²) >= 11 is 5.09. The Morgan fingerprint density at radius 3 is 2.85 bits per heavy atom. The van der Waals surface area contributed by atoms with Crippen molar-refractivity contribution >= 4 is 33.1 Å². The van der Waals surface area contributed by atoms with E-state index in [9.17, 15) is 0 Å². The van der Waals surface area contributed by atoms with Gasteiger partial charge in [0.2, 0.25) is 0 Å². The second-order valence-corrected chi connectivity index (χ2v) is 5.04. The molecule has 13 heavy (non-hydrogen) atoms. The van der Waals surface area contributed by atoms with E-state index >= 15 is 0 Å². The predicted molar refractivity (Wildman–Crippen MR) is 62.2 cm³/mol. The molecule has 0 amide bonds. The van der Waals surface area contributed by atoms with Gasteiger partial charge in [0.05, 0.1) is 12.4 Å². The Morgan fingerprint density at radius 2 is 2.38 bits per heavy atom. The summed E-state index contributed by atoms with van der Waals surface area (Å²) in [7, 11) is 0. The van der Waals surface area contributed by atoms with Crippen molar-refractivity contribution in [1.29, 1.82) is 0 Å². The van der Waals surface area contributed by atoms with Gasteiger partial charge in [-0.05, 0) is 22.0 Å². The van der Waals surface area contributed by atoms with Crippen molar-refractivity contribution in [3.05, 3.63) is 20.8 Å². The Balaban J connectivity index is 2.56. The topological polar surface area (TPSA) is 38.4 Å². The van der Waals surface area contributed by atoms with Crippen molar-refractivity contribution in [2.45, 2.75) is 20.4 Å². The van der Waals surface area contributed by atoms with Crippen LogP contribution in [0.25, 0.3) is 0 Å². The Labute approximate surface area is 91.0 Å². The second kappa shape index (κ2) is 4.77. The molecule has 0 unspecified atom stereocenters. The zero-order chi connectivity index (χ0) is 9.84. The van der Waals surface area contributed by atoms with Gasteiger partial charge in [0.15, 0.2) is 0 Å². The Hall–Kier alpha value is -0.350.